The molecule has 0 unspecified atom stereocenters. The maximum atomic E-state index is 6.07. The summed E-state index contributed by atoms with van der Waals surface area (Å²) in [5.74, 6) is 0. The number of hydrogen-bond acceptors (Lipinski definition) is 1. The first-order chi connectivity index (χ1) is 11.8. The monoisotopic (exact) mass is 308 g/mol. The average Bonchev–Trinajstić information content (AvgIpc) is 2.93. The Labute approximate surface area is 139 Å². The van der Waals surface area contributed by atoms with Crippen molar-refractivity contribution in [1.82, 2.24) is 4.57 Å². The first kappa shape index (κ1) is 13.2. The highest BCUT2D eigenvalue weighted by Crippen LogP contribution is 2.35. The predicted molar refractivity (Wildman–Crippen MR) is 103 cm³/mol. The van der Waals surface area contributed by atoms with Crippen LogP contribution < -0.4 is 5.73 Å². The van der Waals surface area contributed by atoms with Gasteiger partial charge in [-0.3, -0.25) is 0 Å². The van der Waals surface area contributed by atoms with Crippen molar-refractivity contribution in [2.24, 2.45) is 0 Å². The molecule has 4 aromatic carbocycles. The van der Waals surface area contributed by atoms with Crippen molar-refractivity contribution in [2.75, 3.05) is 5.73 Å². The number of nitrogen functional groups attached to an aromatic ring is 1. The Balaban J connectivity index is 2.03. The molecule has 0 spiro atoms. The number of hydrogen-bond donors (Lipinski definition) is 1. The van der Waals surface area contributed by atoms with Gasteiger partial charge in [0.25, 0.3) is 0 Å². The Morgan fingerprint density at radius 2 is 1.25 bits per heavy atom. The van der Waals surface area contributed by atoms with Crippen LogP contribution in [-0.2, 0) is 0 Å². The zero-order valence-electron chi connectivity index (χ0n) is 13.1. The molecule has 24 heavy (non-hydrogen) atoms. The molecule has 0 radical (unpaired) electrons. The van der Waals surface area contributed by atoms with Crippen molar-refractivity contribution >= 4 is 38.3 Å². The van der Waals surface area contributed by atoms with Crippen molar-refractivity contribution in [3.8, 4) is 5.69 Å². The normalized spacial score (nSPS) is 11.5. The van der Waals surface area contributed by atoms with Crippen LogP contribution in [0.15, 0.2) is 84.9 Å². The summed E-state index contributed by atoms with van der Waals surface area (Å²) in [6.45, 7) is 0. The van der Waals surface area contributed by atoms with Crippen LogP contribution in [0.25, 0.3) is 38.3 Å². The van der Waals surface area contributed by atoms with Gasteiger partial charge in [0.2, 0.25) is 0 Å². The van der Waals surface area contributed by atoms with Gasteiger partial charge in [-0.2, -0.15) is 0 Å². The van der Waals surface area contributed by atoms with E-state index >= 15 is 0 Å². The summed E-state index contributed by atoms with van der Waals surface area (Å²) in [5, 5.41) is 4.93. The topological polar surface area (TPSA) is 30.9 Å². The Morgan fingerprint density at radius 1 is 0.583 bits per heavy atom. The summed E-state index contributed by atoms with van der Waals surface area (Å²) in [4.78, 5) is 0. The van der Waals surface area contributed by atoms with E-state index < -0.39 is 0 Å². The van der Waals surface area contributed by atoms with E-state index in [1.54, 1.807) is 0 Å². The van der Waals surface area contributed by atoms with E-state index in [0.29, 0.717) is 0 Å². The van der Waals surface area contributed by atoms with Gasteiger partial charge in [0.15, 0.2) is 0 Å². The minimum Gasteiger partial charge on any atom is -0.399 e. The average molecular weight is 308 g/mol. The summed E-state index contributed by atoms with van der Waals surface area (Å²) in [6.07, 6.45) is 0. The van der Waals surface area contributed by atoms with Crippen LogP contribution >= 0.6 is 0 Å². The predicted octanol–water partition coefficient (Wildman–Crippen LogP) is 5.52. The Hall–Kier alpha value is -3.26. The molecule has 2 N–H and O–H groups in total. The summed E-state index contributed by atoms with van der Waals surface area (Å²) in [6, 6.07) is 29.7. The fourth-order valence-corrected chi connectivity index (χ4v) is 3.58. The van der Waals surface area contributed by atoms with Crippen LogP contribution in [0.3, 0.4) is 0 Å². The first-order valence-corrected chi connectivity index (χ1v) is 8.09. The van der Waals surface area contributed by atoms with E-state index in [9.17, 15) is 0 Å². The molecule has 0 fully saturated rings. The molecule has 0 aliphatic rings. The molecule has 0 amide bonds. The molecular weight excluding hydrogens is 292 g/mol. The molecule has 5 aromatic rings. The van der Waals surface area contributed by atoms with Crippen LogP contribution in [-0.4, -0.2) is 4.57 Å². The van der Waals surface area contributed by atoms with Crippen LogP contribution in [0.2, 0.25) is 0 Å². The highest BCUT2D eigenvalue weighted by Gasteiger charge is 2.13. The molecule has 1 aromatic heterocycles. The smallest absolute Gasteiger partial charge is 0.0547 e. The fourth-order valence-electron chi connectivity index (χ4n) is 3.58. The number of nitrogens with two attached hydrogens (primary N) is 1. The lowest BCUT2D eigenvalue weighted by Gasteiger charge is -2.08. The summed E-state index contributed by atoms with van der Waals surface area (Å²) >= 11 is 0. The molecule has 0 saturated carbocycles. The Kier molecular flexibility index (Phi) is 2.68. The highest BCUT2D eigenvalue weighted by molar-refractivity contribution is 6.14. The lowest BCUT2D eigenvalue weighted by molar-refractivity contribution is 1.18. The van der Waals surface area contributed by atoms with Gasteiger partial charge in [-0.15, -0.1) is 0 Å². The zero-order chi connectivity index (χ0) is 16.1. The third kappa shape index (κ3) is 1.83. The van der Waals surface area contributed by atoms with Gasteiger partial charge in [-0.05, 0) is 53.2 Å². The van der Waals surface area contributed by atoms with Crippen molar-refractivity contribution < 1.29 is 0 Å². The van der Waals surface area contributed by atoms with E-state index in [-0.39, 0.29) is 0 Å². The molecule has 2 nitrogen and oxygen atoms in total. The minimum absolute atomic E-state index is 0.794. The molecule has 0 atom stereocenters. The van der Waals surface area contributed by atoms with E-state index in [4.69, 9.17) is 5.73 Å². The number of aromatic nitrogens is 1. The van der Waals surface area contributed by atoms with E-state index in [0.717, 1.165) is 11.4 Å². The fraction of sp³-hybridized carbons (Fsp3) is 0. The second kappa shape index (κ2) is 4.87. The van der Waals surface area contributed by atoms with Gasteiger partial charge in [0.1, 0.15) is 0 Å². The summed E-state index contributed by atoms with van der Waals surface area (Å²) in [7, 11) is 0. The molecule has 0 bridgehead atoms. The van der Waals surface area contributed by atoms with E-state index in [1.165, 1.54) is 32.6 Å². The van der Waals surface area contributed by atoms with Crippen molar-refractivity contribution in [3.05, 3.63) is 84.9 Å². The van der Waals surface area contributed by atoms with Crippen LogP contribution in [0.1, 0.15) is 0 Å². The maximum absolute atomic E-state index is 6.07. The van der Waals surface area contributed by atoms with Crippen LogP contribution in [0.5, 0.6) is 0 Å². The third-order valence-electron chi connectivity index (χ3n) is 4.67. The maximum Gasteiger partial charge on any atom is 0.0547 e. The van der Waals surface area contributed by atoms with Gasteiger partial charge in [0, 0.05) is 22.1 Å². The lowest BCUT2D eigenvalue weighted by Crippen LogP contribution is -1.93. The number of para-hydroxylation sites is 1. The largest absolute Gasteiger partial charge is 0.399 e. The van der Waals surface area contributed by atoms with Crippen LogP contribution in [0.4, 0.5) is 5.69 Å². The molecule has 2 heteroatoms. The highest BCUT2D eigenvalue weighted by atomic mass is 15.0. The van der Waals surface area contributed by atoms with Crippen molar-refractivity contribution in [2.45, 2.75) is 0 Å². The number of rotatable bonds is 1. The van der Waals surface area contributed by atoms with Crippen molar-refractivity contribution in [3.63, 3.8) is 0 Å². The summed E-state index contributed by atoms with van der Waals surface area (Å²) in [5.41, 5.74) is 10.4. The molecule has 1 heterocycles. The molecule has 5 rings (SSSR count). The summed E-state index contributed by atoms with van der Waals surface area (Å²) < 4.78 is 2.32. The zero-order valence-corrected chi connectivity index (χ0v) is 13.1. The van der Waals surface area contributed by atoms with Gasteiger partial charge >= 0.3 is 0 Å². The Morgan fingerprint density at radius 3 is 2.04 bits per heavy atom. The SMILES string of the molecule is Nc1ccc2c(c1)c1cc3ccccc3cc1n2-c1ccccc1. The van der Waals surface area contributed by atoms with Gasteiger partial charge in [-0.1, -0.05) is 42.5 Å². The van der Waals surface area contributed by atoms with Crippen molar-refractivity contribution in [1.29, 1.82) is 0 Å². The quantitative estimate of drug-likeness (QED) is 0.406. The number of benzene rings is 4. The van der Waals surface area contributed by atoms with Gasteiger partial charge < -0.3 is 10.3 Å². The van der Waals surface area contributed by atoms with Gasteiger partial charge in [-0.25, -0.2) is 0 Å². The number of fused-ring (bicyclic) bond motifs is 4. The molecule has 0 saturated heterocycles. The Bertz CT molecular complexity index is 1200. The second-order valence-corrected chi connectivity index (χ2v) is 6.16. The van der Waals surface area contributed by atoms with E-state index in [2.05, 4.69) is 77.4 Å². The van der Waals surface area contributed by atoms with E-state index in [1.807, 2.05) is 12.1 Å². The molecule has 114 valence electrons. The van der Waals surface area contributed by atoms with Crippen LogP contribution in [0, 0.1) is 0 Å². The molecule has 0 aliphatic carbocycles. The molecule has 0 aliphatic heterocycles. The second-order valence-electron chi connectivity index (χ2n) is 6.16. The number of anilines is 1. The van der Waals surface area contributed by atoms with Gasteiger partial charge in [0.05, 0.1) is 11.0 Å². The lowest BCUT2D eigenvalue weighted by atomic mass is 10.1. The molecular formula is C22H16N2. The standard InChI is InChI=1S/C22H16N2/c23-17-10-11-21-20(14-17)19-12-15-6-4-5-7-16(15)13-22(19)24(21)18-8-2-1-3-9-18/h1-14H,23H2. The number of nitrogens with zero attached hydrogens (tertiary/aromatic N) is 1. The minimum atomic E-state index is 0.794. The first-order valence-electron chi connectivity index (χ1n) is 8.09. The third-order valence-corrected chi connectivity index (χ3v) is 4.67.